The molecule has 248 valence electrons. The fourth-order valence-corrected chi connectivity index (χ4v) is 6.56. The van der Waals surface area contributed by atoms with Crippen LogP contribution >= 0.6 is 0 Å². The number of amides is 2. The van der Waals surface area contributed by atoms with Gasteiger partial charge >= 0.3 is 12.1 Å². The zero-order valence-electron chi connectivity index (χ0n) is 25.7. The molecule has 2 amide bonds. The van der Waals surface area contributed by atoms with E-state index >= 15 is 0 Å². The molecule has 1 aromatic heterocycles. The number of carbonyl (C=O) groups excluding carboxylic acids is 2. The van der Waals surface area contributed by atoms with E-state index in [0.717, 1.165) is 18.3 Å². The summed E-state index contributed by atoms with van der Waals surface area (Å²) in [7, 11) is 0. The van der Waals surface area contributed by atoms with Gasteiger partial charge in [0.2, 0.25) is 5.91 Å². The third-order valence-corrected chi connectivity index (χ3v) is 8.91. The maximum atomic E-state index is 14.9. The van der Waals surface area contributed by atoms with E-state index in [-0.39, 0.29) is 57.2 Å². The van der Waals surface area contributed by atoms with Crippen molar-refractivity contribution in [2.24, 2.45) is 5.92 Å². The van der Waals surface area contributed by atoms with Crippen LogP contribution in [0.4, 0.5) is 17.6 Å². The molecule has 0 bridgehead atoms. The lowest BCUT2D eigenvalue weighted by atomic mass is 9.73. The van der Waals surface area contributed by atoms with Crippen LogP contribution in [0.3, 0.4) is 0 Å². The van der Waals surface area contributed by atoms with Crippen molar-refractivity contribution in [1.82, 2.24) is 14.8 Å². The number of carbonyl (C=O) groups is 3. The first kappa shape index (κ1) is 34.7. The third-order valence-electron chi connectivity index (χ3n) is 8.91. The van der Waals surface area contributed by atoms with Crippen molar-refractivity contribution in [3.8, 4) is 11.8 Å². The number of para-hydroxylation sites is 1. The minimum atomic E-state index is -4.77. The number of piperidine rings is 2. The standard InChI is InChI=1S/C33H38F4N4O5/c1-2-8-26-22(9-7-17-41(26)31(45)28-23(33(35,36)37)11-6-16-39-28)30(44)40-18-14-32(21-38,15-19-40)24-10-5-12-25(34)29(24)46-20-4-3-13-27(42)43/h5-6,10-12,16,22,26H,2-4,7-9,13-15,17-20H2,1H3,(H,42,43). The summed E-state index contributed by atoms with van der Waals surface area (Å²) in [4.78, 5) is 45.0. The second kappa shape index (κ2) is 14.9. The van der Waals surface area contributed by atoms with Crippen LogP contribution in [0.25, 0.3) is 0 Å². The quantitative estimate of drug-likeness (QED) is 0.235. The fourth-order valence-electron chi connectivity index (χ4n) is 6.56. The number of aliphatic carboxylic acids is 1. The van der Waals surface area contributed by atoms with Crippen molar-refractivity contribution in [1.29, 1.82) is 5.26 Å². The van der Waals surface area contributed by atoms with Gasteiger partial charge < -0.3 is 19.6 Å². The summed E-state index contributed by atoms with van der Waals surface area (Å²) >= 11 is 0. The van der Waals surface area contributed by atoms with Crippen LogP contribution in [0.1, 0.15) is 86.3 Å². The first-order valence-corrected chi connectivity index (χ1v) is 15.6. The molecule has 2 unspecified atom stereocenters. The molecule has 2 atom stereocenters. The first-order valence-electron chi connectivity index (χ1n) is 15.6. The highest BCUT2D eigenvalue weighted by Crippen LogP contribution is 2.42. The van der Waals surface area contributed by atoms with Gasteiger partial charge in [0, 0.05) is 43.9 Å². The maximum Gasteiger partial charge on any atom is 0.418 e. The molecule has 0 saturated carbocycles. The molecule has 0 radical (unpaired) electrons. The Kier molecular flexibility index (Phi) is 11.2. The summed E-state index contributed by atoms with van der Waals surface area (Å²) in [6.07, 6.45) is -0.599. The molecule has 2 saturated heterocycles. The summed E-state index contributed by atoms with van der Waals surface area (Å²) in [6, 6.07) is 8.02. The van der Waals surface area contributed by atoms with E-state index in [2.05, 4.69) is 11.1 Å². The van der Waals surface area contributed by atoms with Gasteiger partial charge in [-0.1, -0.05) is 25.5 Å². The molecule has 2 aromatic rings. The van der Waals surface area contributed by atoms with Gasteiger partial charge in [0.25, 0.3) is 5.91 Å². The number of nitrogens with zero attached hydrogens (tertiary/aromatic N) is 4. The summed E-state index contributed by atoms with van der Waals surface area (Å²) < 4.78 is 61.8. The van der Waals surface area contributed by atoms with Crippen molar-refractivity contribution in [3.05, 3.63) is 59.2 Å². The molecule has 1 aromatic carbocycles. The molecule has 0 spiro atoms. The van der Waals surface area contributed by atoms with E-state index < -0.39 is 52.5 Å². The van der Waals surface area contributed by atoms with Crippen molar-refractivity contribution < 1.29 is 41.8 Å². The average molecular weight is 647 g/mol. The number of rotatable bonds is 11. The molecule has 2 aliphatic rings. The van der Waals surface area contributed by atoms with Crippen molar-refractivity contribution in [2.45, 2.75) is 82.3 Å². The Morgan fingerprint density at radius 2 is 1.87 bits per heavy atom. The minimum absolute atomic E-state index is 0.0384. The number of hydrogen-bond donors (Lipinski definition) is 1. The molecular weight excluding hydrogens is 608 g/mol. The van der Waals surface area contributed by atoms with E-state index in [1.165, 1.54) is 17.0 Å². The van der Waals surface area contributed by atoms with Crippen LogP contribution < -0.4 is 4.74 Å². The summed E-state index contributed by atoms with van der Waals surface area (Å²) in [5.41, 5.74) is -2.57. The van der Waals surface area contributed by atoms with Crippen LogP contribution in [0.2, 0.25) is 0 Å². The Balaban J connectivity index is 1.50. The highest BCUT2D eigenvalue weighted by atomic mass is 19.4. The van der Waals surface area contributed by atoms with Crippen LogP contribution in [0, 0.1) is 23.1 Å². The minimum Gasteiger partial charge on any atom is -0.490 e. The van der Waals surface area contributed by atoms with Gasteiger partial charge in [-0.05, 0) is 63.1 Å². The highest BCUT2D eigenvalue weighted by Gasteiger charge is 2.45. The number of alkyl halides is 3. The van der Waals surface area contributed by atoms with Crippen LogP contribution in [-0.2, 0) is 21.2 Å². The molecule has 2 aliphatic heterocycles. The number of likely N-dealkylation sites (tertiary alicyclic amines) is 2. The van der Waals surface area contributed by atoms with Gasteiger partial charge in [-0.25, -0.2) is 4.39 Å². The normalized spacial score (nSPS) is 19.7. The number of halogens is 4. The number of benzene rings is 1. The number of carboxylic acids is 1. The number of hydrogen-bond acceptors (Lipinski definition) is 6. The van der Waals surface area contributed by atoms with Crippen molar-refractivity contribution >= 4 is 17.8 Å². The second-order valence-electron chi connectivity index (χ2n) is 11.8. The summed E-state index contributed by atoms with van der Waals surface area (Å²) in [5, 5.41) is 19.2. The molecule has 0 aliphatic carbocycles. The van der Waals surface area contributed by atoms with Crippen LogP contribution in [0.5, 0.6) is 5.75 Å². The smallest absolute Gasteiger partial charge is 0.418 e. The molecule has 3 heterocycles. The maximum absolute atomic E-state index is 14.9. The number of unbranched alkanes of at least 4 members (excludes halogenated alkanes) is 1. The Bertz CT molecular complexity index is 1450. The number of pyridine rings is 1. The molecule has 13 heteroatoms. The van der Waals surface area contributed by atoms with Crippen LogP contribution in [0.15, 0.2) is 36.5 Å². The first-order chi connectivity index (χ1) is 21.9. The summed E-state index contributed by atoms with van der Waals surface area (Å²) in [5.74, 6) is -3.35. The predicted octanol–water partition coefficient (Wildman–Crippen LogP) is 5.98. The monoisotopic (exact) mass is 646 g/mol. The zero-order valence-corrected chi connectivity index (χ0v) is 25.7. The zero-order chi connectivity index (χ0) is 33.5. The number of aromatic nitrogens is 1. The molecule has 1 N–H and O–H groups in total. The second-order valence-corrected chi connectivity index (χ2v) is 11.8. The van der Waals surface area contributed by atoms with Gasteiger partial charge in [0.1, 0.15) is 5.69 Å². The molecular formula is C33H38F4N4O5. The third kappa shape index (κ3) is 7.59. The topological polar surface area (TPSA) is 124 Å². The molecule has 9 nitrogen and oxygen atoms in total. The van der Waals surface area contributed by atoms with Gasteiger partial charge in [-0.2, -0.15) is 18.4 Å². The Morgan fingerprint density at radius 1 is 1.13 bits per heavy atom. The lowest BCUT2D eigenvalue weighted by Crippen LogP contribution is -2.55. The van der Waals surface area contributed by atoms with E-state index in [1.54, 1.807) is 11.0 Å². The lowest BCUT2D eigenvalue weighted by Gasteiger charge is -2.44. The van der Waals surface area contributed by atoms with Crippen molar-refractivity contribution in [3.63, 3.8) is 0 Å². The lowest BCUT2D eigenvalue weighted by molar-refractivity contribution is -0.141. The summed E-state index contributed by atoms with van der Waals surface area (Å²) in [6.45, 7) is 2.53. The largest absolute Gasteiger partial charge is 0.490 e. The fraction of sp³-hybridized carbons (Fsp3) is 0.545. The van der Waals surface area contributed by atoms with E-state index in [0.29, 0.717) is 44.1 Å². The van der Waals surface area contributed by atoms with Gasteiger partial charge in [-0.15, -0.1) is 0 Å². The van der Waals surface area contributed by atoms with Crippen molar-refractivity contribution in [2.75, 3.05) is 26.2 Å². The predicted molar refractivity (Wildman–Crippen MR) is 158 cm³/mol. The van der Waals surface area contributed by atoms with E-state index in [4.69, 9.17) is 9.84 Å². The molecule has 2 fully saturated rings. The Morgan fingerprint density at radius 3 is 2.52 bits per heavy atom. The number of nitriles is 1. The number of ether oxygens (including phenoxy) is 1. The SMILES string of the molecule is CCCC1C(C(=O)N2CCC(C#N)(c3cccc(F)c3OCCCCC(=O)O)CC2)CCCN1C(=O)c1ncccc1C(F)(F)F. The highest BCUT2D eigenvalue weighted by molar-refractivity contribution is 5.95. The van der Waals surface area contributed by atoms with Gasteiger partial charge in [0.05, 0.1) is 29.6 Å². The Hall–Kier alpha value is -4.21. The number of carboxylic acid groups (broad SMARTS) is 1. The van der Waals surface area contributed by atoms with E-state index in [9.17, 15) is 37.2 Å². The van der Waals surface area contributed by atoms with Gasteiger partial charge in [0.15, 0.2) is 11.6 Å². The van der Waals surface area contributed by atoms with E-state index in [1.807, 2.05) is 6.92 Å². The van der Waals surface area contributed by atoms with Gasteiger partial charge in [-0.3, -0.25) is 19.4 Å². The molecule has 4 rings (SSSR count). The van der Waals surface area contributed by atoms with Crippen LogP contribution in [-0.4, -0.2) is 70.0 Å². The molecule has 46 heavy (non-hydrogen) atoms. The Labute approximate surface area is 265 Å². The average Bonchev–Trinajstić information content (AvgIpc) is 3.04.